The van der Waals surface area contributed by atoms with Crippen LogP contribution >= 0.6 is 0 Å². The van der Waals surface area contributed by atoms with E-state index in [2.05, 4.69) is 18.8 Å². The Morgan fingerprint density at radius 2 is 2.17 bits per heavy atom. The minimum Gasteiger partial charge on any atom is -0.384 e. The number of likely N-dealkylation sites (tertiary alicyclic amines) is 1. The molecule has 1 aromatic heterocycles. The fourth-order valence-corrected chi connectivity index (χ4v) is 2.67. The summed E-state index contributed by atoms with van der Waals surface area (Å²) in [6, 6.07) is 5.21. The lowest BCUT2D eigenvalue weighted by Crippen LogP contribution is -2.32. The third-order valence-electron chi connectivity index (χ3n) is 4.22. The van der Waals surface area contributed by atoms with Gasteiger partial charge in [0.05, 0.1) is 0 Å². The molecule has 0 saturated carbocycles. The van der Waals surface area contributed by atoms with Crippen LogP contribution in [0.4, 0.5) is 5.82 Å². The van der Waals surface area contributed by atoms with Crippen molar-refractivity contribution in [3.05, 3.63) is 23.9 Å². The van der Waals surface area contributed by atoms with Gasteiger partial charge in [-0.2, -0.15) is 0 Å². The van der Waals surface area contributed by atoms with Gasteiger partial charge in [-0.25, -0.2) is 4.98 Å². The van der Waals surface area contributed by atoms with E-state index < -0.39 is 0 Å². The Hall–Kier alpha value is -1.58. The summed E-state index contributed by atoms with van der Waals surface area (Å²) >= 11 is 0. The first-order chi connectivity index (χ1) is 8.60. The minimum absolute atomic E-state index is 0.00563. The third-order valence-corrected chi connectivity index (χ3v) is 4.22. The average Bonchev–Trinajstić information content (AvgIpc) is 2.83. The highest BCUT2D eigenvalue weighted by atomic mass is 16.2. The number of hydrogen-bond acceptors (Lipinski definition) is 3. The van der Waals surface area contributed by atoms with Crippen LogP contribution in [0.3, 0.4) is 0 Å². The molecule has 2 heterocycles. The molecule has 1 fully saturated rings. The molecule has 0 atom stereocenters. The normalized spacial score (nSPS) is 18.0. The van der Waals surface area contributed by atoms with Gasteiger partial charge in [0.15, 0.2) is 0 Å². The fourth-order valence-electron chi connectivity index (χ4n) is 2.67. The number of hydrogen-bond donors (Lipinski definition) is 1. The van der Waals surface area contributed by atoms with Gasteiger partial charge in [0.25, 0.3) is 5.91 Å². The van der Waals surface area contributed by atoms with E-state index in [0.717, 1.165) is 32.4 Å². The Bertz CT molecular complexity index is 440. The van der Waals surface area contributed by atoms with Crippen LogP contribution in [0.5, 0.6) is 0 Å². The molecule has 4 heteroatoms. The van der Waals surface area contributed by atoms with Crippen molar-refractivity contribution in [2.45, 2.75) is 33.1 Å². The van der Waals surface area contributed by atoms with E-state index in [1.807, 2.05) is 4.90 Å². The standard InChI is InChI=1S/C14H21N3O/c1-3-14(4-2)8-9-17(10-14)13(18)11-6-5-7-12(15)16-11/h5-7H,3-4,8-10H2,1-2H3,(H2,15,16). The van der Waals surface area contributed by atoms with Crippen LogP contribution in [0.2, 0.25) is 0 Å². The molecule has 98 valence electrons. The molecule has 0 bridgehead atoms. The number of amides is 1. The van der Waals surface area contributed by atoms with Crippen molar-refractivity contribution in [3.8, 4) is 0 Å². The Morgan fingerprint density at radius 3 is 2.72 bits per heavy atom. The number of aromatic nitrogens is 1. The van der Waals surface area contributed by atoms with Crippen molar-refractivity contribution < 1.29 is 4.79 Å². The van der Waals surface area contributed by atoms with Crippen molar-refractivity contribution in [1.82, 2.24) is 9.88 Å². The molecule has 1 amide bonds. The molecule has 2 N–H and O–H groups in total. The summed E-state index contributed by atoms with van der Waals surface area (Å²) < 4.78 is 0. The van der Waals surface area contributed by atoms with Crippen LogP contribution in [-0.2, 0) is 0 Å². The highest BCUT2D eigenvalue weighted by molar-refractivity contribution is 5.92. The molecule has 1 aliphatic heterocycles. The van der Waals surface area contributed by atoms with Gasteiger partial charge in [-0.3, -0.25) is 4.79 Å². The number of nitrogens with zero attached hydrogens (tertiary/aromatic N) is 2. The van der Waals surface area contributed by atoms with Crippen LogP contribution in [0.15, 0.2) is 18.2 Å². The van der Waals surface area contributed by atoms with Gasteiger partial charge in [0.1, 0.15) is 11.5 Å². The van der Waals surface area contributed by atoms with Gasteiger partial charge < -0.3 is 10.6 Å². The van der Waals surface area contributed by atoms with Gasteiger partial charge in [0.2, 0.25) is 0 Å². The van der Waals surface area contributed by atoms with Gasteiger partial charge in [-0.15, -0.1) is 0 Å². The Kier molecular flexibility index (Phi) is 3.55. The number of nitrogens with two attached hydrogens (primary N) is 1. The number of pyridine rings is 1. The van der Waals surface area contributed by atoms with Gasteiger partial charge in [-0.1, -0.05) is 19.9 Å². The zero-order valence-corrected chi connectivity index (χ0v) is 11.1. The Labute approximate surface area is 108 Å². The predicted octanol–water partition coefficient (Wildman–Crippen LogP) is 2.32. The number of nitrogen functional groups attached to an aromatic ring is 1. The molecular formula is C14H21N3O. The maximum atomic E-state index is 12.3. The van der Waals surface area contributed by atoms with Gasteiger partial charge in [-0.05, 0) is 36.8 Å². The molecule has 0 aliphatic carbocycles. The van der Waals surface area contributed by atoms with Gasteiger partial charge in [0, 0.05) is 13.1 Å². The lowest BCUT2D eigenvalue weighted by atomic mass is 9.82. The van der Waals surface area contributed by atoms with Gasteiger partial charge >= 0.3 is 0 Å². The quantitative estimate of drug-likeness (QED) is 0.891. The fraction of sp³-hybridized carbons (Fsp3) is 0.571. The van der Waals surface area contributed by atoms with E-state index in [4.69, 9.17) is 5.73 Å². The summed E-state index contributed by atoms with van der Waals surface area (Å²) in [6.07, 6.45) is 3.34. The predicted molar refractivity (Wildman–Crippen MR) is 72.2 cm³/mol. The molecule has 0 spiro atoms. The largest absolute Gasteiger partial charge is 0.384 e. The van der Waals surface area contributed by atoms with E-state index in [0.29, 0.717) is 16.9 Å². The van der Waals surface area contributed by atoms with Crippen LogP contribution < -0.4 is 5.73 Å². The Balaban J connectivity index is 2.12. The summed E-state index contributed by atoms with van der Waals surface area (Å²) in [5.41, 5.74) is 6.38. The lowest BCUT2D eigenvalue weighted by Gasteiger charge is -2.26. The second kappa shape index (κ2) is 4.96. The van der Waals surface area contributed by atoms with Crippen molar-refractivity contribution in [3.63, 3.8) is 0 Å². The Morgan fingerprint density at radius 1 is 1.44 bits per heavy atom. The topological polar surface area (TPSA) is 59.2 Å². The second-order valence-corrected chi connectivity index (χ2v) is 5.13. The molecule has 4 nitrogen and oxygen atoms in total. The van der Waals surface area contributed by atoms with E-state index in [1.165, 1.54) is 0 Å². The number of carbonyl (C=O) groups excluding carboxylic acids is 1. The maximum absolute atomic E-state index is 12.3. The van der Waals surface area contributed by atoms with Crippen molar-refractivity contribution >= 4 is 11.7 Å². The van der Waals surface area contributed by atoms with Crippen LogP contribution in [0.1, 0.15) is 43.6 Å². The summed E-state index contributed by atoms with van der Waals surface area (Å²) in [7, 11) is 0. The van der Waals surface area contributed by atoms with E-state index in [-0.39, 0.29) is 5.91 Å². The van der Waals surface area contributed by atoms with E-state index in [9.17, 15) is 4.79 Å². The van der Waals surface area contributed by atoms with Crippen molar-refractivity contribution in [1.29, 1.82) is 0 Å². The molecule has 18 heavy (non-hydrogen) atoms. The van der Waals surface area contributed by atoms with Crippen LogP contribution in [-0.4, -0.2) is 28.9 Å². The smallest absolute Gasteiger partial charge is 0.272 e. The van der Waals surface area contributed by atoms with Crippen LogP contribution in [0.25, 0.3) is 0 Å². The molecule has 0 aromatic carbocycles. The molecule has 0 unspecified atom stereocenters. The van der Waals surface area contributed by atoms with Crippen molar-refractivity contribution in [2.75, 3.05) is 18.8 Å². The summed E-state index contributed by atoms with van der Waals surface area (Å²) in [5, 5.41) is 0. The van der Waals surface area contributed by atoms with E-state index in [1.54, 1.807) is 18.2 Å². The lowest BCUT2D eigenvalue weighted by molar-refractivity contribution is 0.0764. The summed E-state index contributed by atoms with van der Waals surface area (Å²) in [6.45, 7) is 6.08. The summed E-state index contributed by atoms with van der Waals surface area (Å²) in [5.74, 6) is 0.406. The molecule has 1 aliphatic rings. The number of anilines is 1. The first kappa shape index (κ1) is 12.9. The summed E-state index contributed by atoms with van der Waals surface area (Å²) in [4.78, 5) is 18.3. The van der Waals surface area contributed by atoms with Crippen LogP contribution in [0, 0.1) is 5.41 Å². The minimum atomic E-state index is 0.00563. The third kappa shape index (κ3) is 2.33. The SMILES string of the molecule is CCC1(CC)CCN(C(=O)c2cccc(N)n2)C1. The molecular weight excluding hydrogens is 226 g/mol. The highest BCUT2D eigenvalue weighted by Crippen LogP contribution is 2.37. The maximum Gasteiger partial charge on any atom is 0.272 e. The number of carbonyl (C=O) groups is 1. The number of rotatable bonds is 3. The zero-order chi connectivity index (χ0) is 13.2. The second-order valence-electron chi connectivity index (χ2n) is 5.13. The van der Waals surface area contributed by atoms with E-state index >= 15 is 0 Å². The first-order valence-corrected chi connectivity index (χ1v) is 6.62. The molecule has 0 radical (unpaired) electrons. The molecule has 2 rings (SSSR count). The average molecular weight is 247 g/mol. The highest BCUT2D eigenvalue weighted by Gasteiger charge is 2.37. The monoisotopic (exact) mass is 247 g/mol. The van der Waals surface area contributed by atoms with Crippen molar-refractivity contribution in [2.24, 2.45) is 5.41 Å². The molecule has 1 aromatic rings. The molecule has 1 saturated heterocycles. The first-order valence-electron chi connectivity index (χ1n) is 6.62. The zero-order valence-electron chi connectivity index (χ0n) is 11.1.